The summed E-state index contributed by atoms with van der Waals surface area (Å²) in [6, 6.07) is 20.3. The monoisotopic (exact) mass is 547 g/mol. The first-order valence-electron chi connectivity index (χ1n) is 12.3. The van der Waals surface area contributed by atoms with Crippen LogP contribution in [0.1, 0.15) is 47.7 Å². The summed E-state index contributed by atoms with van der Waals surface area (Å²) in [6.45, 7) is 4.50. The van der Waals surface area contributed by atoms with Gasteiger partial charge in [-0.3, -0.25) is 15.0 Å². The number of rotatable bonds is 9. The predicted octanol–water partition coefficient (Wildman–Crippen LogP) is 4.61. The molecule has 0 aliphatic carbocycles. The van der Waals surface area contributed by atoms with Crippen molar-refractivity contribution in [2.45, 2.75) is 37.6 Å². The zero-order chi connectivity index (χ0) is 28.0. The minimum absolute atomic E-state index is 0.0670. The highest BCUT2D eigenvalue weighted by Crippen LogP contribution is 2.25. The Hall–Kier alpha value is -4.58. The van der Waals surface area contributed by atoms with E-state index >= 15 is 0 Å². The van der Waals surface area contributed by atoms with E-state index in [-0.39, 0.29) is 17.4 Å². The van der Waals surface area contributed by atoms with E-state index in [1.54, 1.807) is 41.3 Å². The van der Waals surface area contributed by atoms with Crippen LogP contribution in [0.3, 0.4) is 0 Å². The summed E-state index contributed by atoms with van der Waals surface area (Å²) in [5.74, 6) is 0.0638. The lowest BCUT2D eigenvalue weighted by Gasteiger charge is -2.24. The second-order valence-electron chi connectivity index (χ2n) is 9.10. The van der Waals surface area contributed by atoms with E-state index in [0.29, 0.717) is 22.9 Å². The zero-order valence-corrected chi connectivity index (χ0v) is 22.6. The van der Waals surface area contributed by atoms with Crippen LogP contribution in [-0.4, -0.2) is 47.2 Å². The topological polar surface area (TPSA) is 150 Å². The third-order valence-electron chi connectivity index (χ3n) is 6.29. The average molecular weight is 548 g/mol. The van der Waals surface area contributed by atoms with Gasteiger partial charge in [0, 0.05) is 23.2 Å². The first kappa shape index (κ1) is 27.5. The molecule has 4 aromatic rings. The number of aromatic amines is 1. The van der Waals surface area contributed by atoms with Crippen molar-refractivity contribution >= 4 is 39.1 Å². The first-order chi connectivity index (χ1) is 18.6. The number of tetrazole rings is 1. The lowest BCUT2D eigenvalue weighted by atomic mass is 9.98. The molecule has 1 heterocycles. The number of carbonyl (C=O) groups excluding carboxylic acids is 2. The van der Waals surface area contributed by atoms with Crippen LogP contribution in [0.25, 0.3) is 0 Å². The Labute approximate surface area is 226 Å². The molecule has 1 aromatic heterocycles. The number of carbonyl (C=O) groups is 2. The molecule has 1 atom stereocenters. The van der Waals surface area contributed by atoms with E-state index in [4.69, 9.17) is 0 Å². The highest BCUT2D eigenvalue weighted by Gasteiger charge is 2.18. The first-order valence-corrected chi connectivity index (χ1v) is 14.2. The summed E-state index contributed by atoms with van der Waals surface area (Å²) in [4.78, 5) is 27.6. The van der Waals surface area contributed by atoms with Crippen molar-refractivity contribution in [2.24, 2.45) is 0 Å². The quantitative estimate of drug-likeness (QED) is 0.277. The molecule has 0 saturated carbocycles. The fourth-order valence-corrected chi connectivity index (χ4v) is 4.44. The molecule has 3 aromatic carbocycles. The van der Waals surface area contributed by atoms with Crippen LogP contribution in [0.5, 0.6) is 0 Å². The van der Waals surface area contributed by atoms with Gasteiger partial charge in [0.25, 0.3) is 11.9 Å². The van der Waals surface area contributed by atoms with Gasteiger partial charge in [-0.1, -0.05) is 43.2 Å². The van der Waals surface area contributed by atoms with Gasteiger partial charge >= 0.3 is 6.03 Å². The summed E-state index contributed by atoms with van der Waals surface area (Å²) < 4.78 is 23.5. The standard InChI is InChI=1S/C27H29N7O4S/c1-4-18(2)20-9-13-23(14-10-20)34(27(36)28-22-11-15-24(16-12-22)39(3,37)38)17-19-5-7-21(8-6-19)25(35)29-26-30-32-33-31-26/h5-16,18H,4,17H2,1-3H3,(H,28,36)(H2,29,30,31,32,33,35). The van der Waals surface area contributed by atoms with Crippen LogP contribution < -0.4 is 15.5 Å². The molecule has 3 N–H and O–H groups in total. The summed E-state index contributed by atoms with van der Waals surface area (Å²) in [5.41, 5.74) is 3.51. The van der Waals surface area contributed by atoms with Crippen molar-refractivity contribution in [2.75, 3.05) is 21.8 Å². The fourth-order valence-electron chi connectivity index (χ4n) is 3.81. The third-order valence-corrected chi connectivity index (χ3v) is 7.42. The molecule has 3 amide bonds. The van der Waals surface area contributed by atoms with Gasteiger partial charge in [-0.2, -0.15) is 5.21 Å². The number of hydrogen-bond donors (Lipinski definition) is 3. The molecule has 1 unspecified atom stereocenters. The van der Waals surface area contributed by atoms with Gasteiger partial charge in [-0.25, -0.2) is 13.2 Å². The number of amides is 3. The molecule has 39 heavy (non-hydrogen) atoms. The number of sulfone groups is 1. The molecular weight excluding hydrogens is 518 g/mol. The lowest BCUT2D eigenvalue weighted by molar-refractivity contribution is 0.102. The van der Waals surface area contributed by atoms with Crippen LogP contribution in [0.15, 0.2) is 77.7 Å². The van der Waals surface area contributed by atoms with Gasteiger partial charge in [-0.15, -0.1) is 5.10 Å². The van der Waals surface area contributed by atoms with Crippen molar-refractivity contribution < 1.29 is 18.0 Å². The number of H-pyrrole nitrogens is 1. The summed E-state index contributed by atoms with van der Waals surface area (Å²) in [7, 11) is -3.35. The maximum atomic E-state index is 13.4. The maximum absolute atomic E-state index is 13.4. The number of nitrogens with one attached hydrogen (secondary N) is 3. The van der Waals surface area contributed by atoms with Crippen LogP contribution in [0, 0.1) is 0 Å². The van der Waals surface area contributed by atoms with Crippen LogP contribution in [-0.2, 0) is 16.4 Å². The lowest BCUT2D eigenvalue weighted by Crippen LogP contribution is -2.34. The van der Waals surface area contributed by atoms with E-state index in [9.17, 15) is 18.0 Å². The maximum Gasteiger partial charge on any atom is 0.326 e. The molecular formula is C27H29N7O4S. The summed E-state index contributed by atoms with van der Waals surface area (Å²) >= 11 is 0. The van der Waals surface area contributed by atoms with Gasteiger partial charge in [0.15, 0.2) is 9.84 Å². The largest absolute Gasteiger partial charge is 0.326 e. The number of anilines is 3. The molecule has 0 bridgehead atoms. The Bertz CT molecular complexity index is 1520. The SMILES string of the molecule is CCC(C)c1ccc(N(Cc2ccc(C(=O)Nc3nn[nH]n3)cc2)C(=O)Nc2ccc(S(C)(=O)=O)cc2)cc1. The molecule has 12 heteroatoms. The van der Waals surface area contributed by atoms with Gasteiger partial charge in [0.1, 0.15) is 0 Å². The number of nitrogens with zero attached hydrogens (tertiary/aromatic N) is 4. The zero-order valence-electron chi connectivity index (χ0n) is 21.7. The Morgan fingerprint density at radius 2 is 1.62 bits per heavy atom. The molecule has 0 radical (unpaired) electrons. The third kappa shape index (κ3) is 7.05. The minimum atomic E-state index is -3.35. The molecule has 0 fully saturated rings. The van der Waals surface area contributed by atoms with Crippen molar-refractivity contribution in [3.8, 4) is 0 Å². The van der Waals surface area contributed by atoms with Crippen molar-refractivity contribution in [1.29, 1.82) is 0 Å². The Morgan fingerprint density at radius 1 is 0.949 bits per heavy atom. The van der Waals surface area contributed by atoms with Gasteiger partial charge in [-0.05, 0) is 77.2 Å². The number of hydrogen-bond acceptors (Lipinski definition) is 7. The van der Waals surface area contributed by atoms with Gasteiger partial charge in [0.2, 0.25) is 0 Å². The highest BCUT2D eigenvalue weighted by molar-refractivity contribution is 7.90. The Kier molecular flexibility index (Phi) is 8.35. The minimum Gasteiger partial charge on any atom is -0.308 e. The van der Waals surface area contributed by atoms with E-state index in [1.165, 1.54) is 17.7 Å². The van der Waals surface area contributed by atoms with Gasteiger partial charge < -0.3 is 5.32 Å². The van der Waals surface area contributed by atoms with Gasteiger partial charge in [0.05, 0.1) is 11.4 Å². The normalized spacial score (nSPS) is 12.0. The van der Waals surface area contributed by atoms with E-state index in [0.717, 1.165) is 18.2 Å². The van der Waals surface area contributed by atoms with E-state index < -0.39 is 21.8 Å². The van der Waals surface area contributed by atoms with Crippen LogP contribution >= 0.6 is 0 Å². The van der Waals surface area contributed by atoms with Crippen molar-refractivity contribution in [1.82, 2.24) is 20.6 Å². The molecule has 0 aliphatic rings. The summed E-state index contributed by atoms with van der Waals surface area (Å²) in [5, 5.41) is 18.5. The molecule has 202 valence electrons. The van der Waals surface area contributed by atoms with Crippen LogP contribution in [0.4, 0.5) is 22.1 Å². The molecule has 0 saturated heterocycles. The van der Waals surface area contributed by atoms with Crippen molar-refractivity contribution in [3.63, 3.8) is 0 Å². The second kappa shape index (κ2) is 11.9. The van der Waals surface area contributed by atoms with E-state index in [1.807, 2.05) is 24.3 Å². The van der Waals surface area contributed by atoms with Crippen LogP contribution in [0.2, 0.25) is 0 Å². The Balaban J connectivity index is 1.55. The van der Waals surface area contributed by atoms with Crippen molar-refractivity contribution in [3.05, 3.63) is 89.5 Å². The smallest absolute Gasteiger partial charge is 0.308 e. The van der Waals surface area contributed by atoms with E-state index in [2.05, 4.69) is 45.1 Å². The Morgan fingerprint density at radius 3 is 2.18 bits per heavy atom. The fraction of sp³-hybridized carbons (Fsp3) is 0.222. The predicted molar refractivity (Wildman–Crippen MR) is 148 cm³/mol. The number of benzene rings is 3. The molecule has 0 aliphatic heterocycles. The highest BCUT2D eigenvalue weighted by atomic mass is 32.2. The molecule has 0 spiro atoms. The molecule has 11 nitrogen and oxygen atoms in total. The number of aromatic nitrogens is 4. The second-order valence-corrected chi connectivity index (χ2v) is 11.1. The number of urea groups is 1. The summed E-state index contributed by atoms with van der Waals surface area (Å²) in [6.07, 6.45) is 2.13. The average Bonchev–Trinajstić information content (AvgIpc) is 3.44. The molecule has 4 rings (SSSR count).